The summed E-state index contributed by atoms with van der Waals surface area (Å²) in [5.41, 5.74) is -0.00865. The van der Waals surface area contributed by atoms with Crippen LogP contribution in [0.25, 0.3) is 10.8 Å². The van der Waals surface area contributed by atoms with Gasteiger partial charge in [0.15, 0.2) is 0 Å². The van der Waals surface area contributed by atoms with Crippen molar-refractivity contribution in [1.82, 2.24) is 0 Å². The first-order chi connectivity index (χ1) is 15.7. The molecule has 0 spiro atoms. The van der Waals surface area contributed by atoms with Gasteiger partial charge in [0.05, 0.1) is 20.0 Å². The summed E-state index contributed by atoms with van der Waals surface area (Å²) in [6.07, 6.45) is 0. The van der Waals surface area contributed by atoms with Crippen molar-refractivity contribution in [2.75, 3.05) is 10.6 Å². The number of aromatic hydroxyl groups is 1. The Labute approximate surface area is 201 Å². The van der Waals surface area contributed by atoms with Crippen molar-refractivity contribution in [3.05, 3.63) is 65.2 Å². The molecule has 3 aromatic carbocycles. The number of nitrogens with one attached hydrogen (secondary N) is 2. The fourth-order valence-corrected chi connectivity index (χ4v) is 4.14. The second-order valence-corrected chi connectivity index (χ2v) is 10.7. The quantitative estimate of drug-likeness (QED) is 0.219. The van der Waals surface area contributed by atoms with Gasteiger partial charge in [-0.15, -0.1) is 0 Å². The Morgan fingerprint density at radius 2 is 1.47 bits per heavy atom. The number of benzene rings is 3. The number of rotatable bonds is 6. The third kappa shape index (κ3) is 5.60. The van der Waals surface area contributed by atoms with Crippen LogP contribution in [0.5, 0.6) is 5.75 Å². The van der Waals surface area contributed by atoms with Gasteiger partial charge in [-0.1, -0.05) is 12.6 Å². The molecule has 0 aromatic heterocycles. The summed E-state index contributed by atoms with van der Waals surface area (Å²) in [5.74, 6) is -2.04. The maximum atomic E-state index is 12.8. The topological polar surface area (TPSA) is 187 Å². The molecule has 0 fully saturated rings. The number of amides is 2. The number of anilines is 2. The normalized spacial score (nSPS) is 11.7. The maximum absolute atomic E-state index is 12.8. The molecule has 14 heteroatoms. The minimum Gasteiger partial charge on any atom is -0.507 e. The molecule has 178 valence electrons. The summed E-state index contributed by atoms with van der Waals surface area (Å²) in [6, 6.07) is 8.96. The molecule has 2 amide bonds. The highest BCUT2D eigenvalue weighted by Crippen LogP contribution is 2.37. The molecule has 0 saturated carbocycles. The molecule has 3 aromatic rings. The van der Waals surface area contributed by atoms with E-state index < -0.39 is 47.6 Å². The molecule has 0 saturated heterocycles. The van der Waals surface area contributed by atoms with Crippen LogP contribution in [-0.2, 0) is 25.0 Å². The third-order valence-electron chi connectivity index (χ3n) is 4.45. The fraction of sp³-hybridized carbons (Fsp3) is 0. The zero-order chi connectivity index (χ0) is 25.4. The number of carbonyl (C=O) groups excluding carboxylic acids is 2. The smallest absolute Gasteiger partial charge is 0.294 e. The number of hydrogen-bond acceptors (Lipinski definition) is 7. The van der Waals surface area contributed by atoms with Gasteiger partial charge >= 0.3 is 0 Å². The van der Waals surface area contributed by atoms with Gasteiger partial charge in [0.1, 0.15) is 5.75 Å². The number of phenolic OH excluding ortho intramolecular Hbond substituents is 1. The molecule has 0 bridgehead atoms. The minimum atomic E-state index is -4.81. The standard InChI is InChI=1S/C20H15BrN2O9S2/c1-10(21)19(25)22-13-4-2-3-11(5-13)20(26)23-16-8-14(33(27,28)29)6-12-7-15(34(30,31)32)9-17(24)18(12)16/h2-9,24H,1H2,(H,22,25)(H,23,26)(H,27,28,29)(H,30,31,32). The van der Waals surface area contributed by atoms with E-state index in [2.05, 4.69) is 33.1 Å². The first kappa shape index (κ1) is 25.3. The van der Waals surface area contributed by atoms with Crippen LogP contribution in [-0.4, -0.2) is 42.9 Å². The zero-order valence-corrected chi connectivity index (χ0v) is 20.0. The predicted octanol–water partition coefficient (Wildman–Crippen LogP) is 3.14. The van der Waals surface area contributed by atoms with Crippen LogP contribution in [0.2, 0.25) is 0 Å². The lowest BCUT2D eigenvalue weighted by atomic mass is 10.1. The van der Waals surface area contributed by atoms with Crippen LogP contribution >= 0.6 is 15.9 Å². The Morgan fingerprint density at radius 1 is 0.882 bits per heavy atom. The number of halogens is 1. The molecule has 0 aliphatic heterocycles. The highest BCUT2D eigenvalue weighted by molar-refractivity contribution is 9.12. The van der Waals surface area contributed by atoms with Gasteiger partial charge in [-0.2, -0.15) is 16.8 Å². The first-order valence-corrected chi connectivity index (χ1v) is 12.7. The number of phenols is 1. The van der Waals surface area contributed by atoms with E-state index in [4.69, 9.17) is 0 Å². The summed E-state index contributed by atoms with van der Waals surface area (Å²) in [5, 5.41) is 14.9. The lowest BCUT2D eigenvalue weighted by Crippen LogP contribution is -2.15. The van der Waals surface area contributed by atoms with Gasteiger partial charge in [0.2, 0.25) is 0 Å². The molecule has 0 atom stereocenters. The molecule has 0 aliphatic rings. The van der Waals surface area contributed by atoms with Crippen molar-refractivity contribution in [1.29, 1.82) is 0 Å². The van der Waals surface area contributed by atoms with Crippen LogP contribution in [0.15, 0.2) is 69.4 Å². The van der Waals surface area contributed by atoms with E-state index in [1.165, 1.54) is 24.3 Å². The SMILES string of the molecule is C=C(Br)C(=O)Nc1cccc(C(=O)Nc2cc(S(=O)(=O)O)cc3cc(S(=O)(=O)O)cc(O)c23)c1. The average Bonchev–Trinajstić information content (AvgIpc) is 2.72. The molecule has 0 heterocycles. The molecule has 34 heavy (non-hydrogen) atoms. The minimum absolute atomic E-state index is 0.0254. The average molecular weight is 571 g/mol. The van der Waals surface area contributed by atoms with Crippen LogP contribution in [0.3, 0.4) is 0 Å². The van der Waals surface area contributed by atoms with Gasteiger partial charge in [-0.05, 0) is 57.7 Å². The second kappa shape index (κ2) is 9.15. The summed E-state index contributed by atoms with van der Waals surface area (Å²) in [7, 11) is -9.58. The van der Waals surface area contributed by atoms with Gasteiger partial charge in [0.25, 0.3) is 32.1 Å². The van der Waals surface area contributed by atoms with E-state index in [-0.39, 0.29) is 32.2 Å². The molecule has 0 unspecified atom stereocenters. The summed E-state index contributed by atoms with van der Waals surface area (Å²) in [4.78, 5) is 23.2. The maximum Gasteiger partial charge on any atom is 0.294 e. The molecule has 11 nitrogen and oxygen atoms in total. The molecule has 0 radical (unpaired) electrons. The van der Waals surface area contributed by atoms with E-state index in [1.54, 1.807) is 0 Å². The summed E-state index contributed by atoms with van der Waals surface area (Å²) < 4.78 is 65.2. The largest absolute Gasteiger partial charge is 0.507 e. The Kier molecular flexibility index (Phi) is 6.82. The van der Waals surface area contributed by atoms with Gasteiger partial charge < -0.3 is 15.7 Å². The molecule has 3 rings (SSSR count). The van der Waals surface area contributed by atoms with E-state index >= 15 is 0 Å². The van der Waals surface area contributed by atoms with E-state index in [1.807, 2.05) is 0 Å². The van der Waals surface area contributed by atoms with Crippen molar-refractivity contribution in [2.24, 2.45) is 0 Å². The second-order valence-electron chi connectivity index (χ2n) is 6.86. The Morgan fingerprint density at radius 3 is 2.03 bits per heavy atom. The third-order valence-corrected chi connectivity index (χ3v) is 6.47. The lowest BCUT2D eigenvalue weighted by molar-refractivity contribution is -0.112. The van der Waals surface area contributed by atoms with E-state index in [0.29, 0.717) is 6.07 Å². The number of carbonyl (C=O) groups is 2. The Balaban J connectivity index is 2.11. The lowest BCUT2D eigenvalue weighted by Gasteiger charge is -2.14. The molecular weight excluding hydrogens is 556 g/mol. The Bertz CT molecular complexity index is 1580. The van der Waals surface area contributed by atoms with Crippen molar-refractivity contribution >= 4 is 70.1 Å². The highest BCUT2D eigenvalue weighted by atomic mass is 79.9. The van der Waals surface area contributed by atoms with Gasteiger partial charge in [-0.25, -0.2) is 0 Å². The fourth-order valence-electron chi connectivity index (χ4n) is 2.97. The van der Waals surface area contributed by atoms with Crippen molar-refractivity contribution in [2.45, 2.75) is 9.79 Å². The number of fused-ring (bicyclic) bond motifs is 1. The summed E-state index contributed by atoms with van der Waals surface area (Å²) >= 11 is 2.93. The van der Waals surface area contributed by atoms with Crippen LogP contribution < -0.4 is 10.6 Å². The van der Waals surface area contributed by atoms with Crippen molar-refractivity contribution in [3.8, 4) is 5.75 Å². The van der Waals surface area contributed by atoms with Gasteiger partial charge in [-0.3, -0.25) is 18.7 Å². The number of hydrogen-bond donors (Lipinski definition) is 5. The first-order valence-electron chi connectivity index (χ1n) is 9.00. The van der Waals surface area contributed by atoms with Crippen LogP contribution in [0, 0.1) is 0 Å². The highest BCUT2D eigenvalue weighted by Gasteiger charge is 2.21. The van der Waals surface area contributed by atoms with Crippen molar-refractivity contribution < 1.29 is 40.6 Å². The van der Waals surface area contributed by atoms with Crippen LogP contribution in [0.4, 0.5) is 11.4 Å². The van der Waals surface area contributed by atoms with E-state index in [9.17, 15) is 40.6 Å². The summed E-state index contributed by atoms with van der Waals surface area (Å²) in [6.45, 7) is 3.43. The van der Waals surface area contributed by atoms with Crippen LogP contribution in [0.1, 0.15) is 10.4 Å². The molecule has 0 aliphatic carbocycles. The Hall–Kier alpha value is -3.30. The van der Waals surface area contributed by atoms with E-state index in [0.717, 1.165) is 18.2 Å². The molecular formula is C20H15BrN2O9S2. The monoisotopic (exact) mass is 570 g/mol. The zero-order valence-electron chi connectivity index (χ0n) is 16.8. The predicted molar refractivity (Wildman–Crippen MR) is 126 cm³/mol. The molecule has 5 N–H and O–H groups in total. The van der Waals surface area contributed by atoms with Gasteiger partial charge in [0, 0.05) is 22.7 Å². The van der Waals surface area contributed by atoms with Crippen molar-refractivity contribution in [3.63, 3.8) is 0 Å².